The lowest BCUT2D eigenvalue weighted by Gasteiger charge is -2.42. The van der Waals surface area contributed by atoms with Gasteiger partial charge in [0.15, 0.2) is 0 Å². The van der Waals surface area contributed by atoms with Crippen molar-refractivity contribution < 1.29 is 14.3 Å². The van der Waals surface area contributed by atoms with Crippen LogP contribution in [0.1, 0.15) is 43.2 Å². The second kappa shape index (κ2) is 10.5. The molecule has 2 saturated heterocycles. The van der Waals surface area contributed by atoms with E-state index < -0.39 is 5.41 Å². The molecule has 2 aromatic carbocycles. The molecule has 2 fully saturated rings. The molecule has 2 heterocycles. The Morgan fingerprint density at radius 3 is 2.44 bits per heavy atom. The summed E-state index contributed by atoms with van der Waals surface area (Å²) >= 11 is 6.25. The molecule has 0 spiro atoms. The first-order valence-corrected chi connectivity index (χ1v) is 11.9. The molecule has 2 aliphatic rings. The second-order valence-corrected chi connectivity index (χ2v) is 9.26. The molecule has 0 unspecified atom stereocenters. The van der Waals surface area contributed by atoms with Crippen molar-refractivity contribution in [1.82, 2.24) is 10.2 Å². The third kappa shape index (κ3) is 5.33. The molecule has 2 aliphatic heterocycles. The first kappa shape index (κ1) is 22.8. The van der Waals surface area contributed by atoms with Crippen LogP contribution in [-0.2, 0) is 26.2 Å². The van der Waals surface area contributed by atoms with E-state index in [0.717, 1.165) is 24.8 Å². The standard InChI is InChI=1S/C26H31ClN2O3/c27-22-8-4-7-21(19-22)26(13-17-32-18-14-26)25(31)29-15-11-23(12-16-29)28-24(30)10-9-20-5-2-1-3-6-20/h1-8,19,23H,9-18H2,(H,28,30). The molecule has 32 heavy (non-hydrogen) atoms. The number of hydrogen-bond acceptors (Lipinski definition) is 3. The van der Waals surface area contributed by atoms with Crippen molar-refractivity contribution in [1.29, 1.82) is 0 Å². The molecule has 0 radical (unpaired) electrons. The summed E-state index contributed by atoms with van der Waals surface area (Å²) in [5.41, 5.74) is 1.58. The van der Waals surface area contributed by atoms with Crippen molar-refractivity contribution >= 4 is 23.4 Å². The highest BCUT2D eigenvalue weighted by Gasteiger charge is 2.44. The number of amides is 2. The zero-order chi connectivity index (χ0) is 22.4. The van der Waals surface area contributed by atoms with Crippen LogP contribution in [0.2, 0.25) is 5.02 Å². The largest absolute Gasteiger partial charge is 0.381 e. The quantitative estimate of drug-likeness (QED) is 0.714. The Morgan fingerprint density at radius 1 is 1.03 bits per heavy atom. The Kier molecular flexibility index (Phi) is 7.48. The van der Waals surface area contributed by atoms with Crippen molar-refractivity contribution in [3.63, 3.8) is 0 Å². The summed E-state index contributed by atoms with van der Waals surface area (Å²) in [5, 5.41) is 3.81. The summed E-state index contributed by atoms with van der Waals surface area (Å²) in [6, 6.07) is 17.9. The molecule has 1 N–H and O–H groups in total. The van der Waals surface area contributed by atoms with E-state index in [9.17, 15) is 9.59 Å². The van der Waals surface area contributed by atoms with Gasteiger partial charge in [-0.25, -0.2) is 0 Å². The Hall–Kier alpha value is -2.37. The monoisotopic (exact) mass is 454 g/mol. The molecule has 2 aromatic rings. The van der Waals surface area contributed by atoms with E-state index in [2.05, 4.69) is 5.32 Å². The average molecular weight is 455 g/mol. The minimum Gasteiger partial charge on any atom is -0.381 e. The predicted molar refractivity (Wildman–Crippen MR) is 126 cm³/mol. The van der Waals surface area contributed by atoms with E-state index in [1.54, 1.807) is 0 Å². The number of rotatable bonds is 6. The molecular weight excluding hydrogens is 424 g/mol. The molecule has 6 heteroatoms. The number of benzene rings is 2. The Bertz CT molecular complexity index is 920. The van der Waals surface area contributed by atoms with Gasteiger partial charge in [-0.15, -0.1) is 0 Å². The molecular formula is C26H31ClN2O3. The number of aryl methyl sites for hydroxylation is 1. The molecule has 0 saturated carbocycles. The fourth-order valence-electron chi connectivity index (χ4n) is 4.86. The SMILES string of the molecule is O=C(CCc1ccccc1)NC1CCN(C(=O)C2(c3cccc(Cl)c3)CCOCC2)CC1. The van der Waals surface area contributed by atoms with Crippen LogP contribution in [0.5, 0.6) is 0 Å². The van der Waals surface area contributed by atoms with Gasteiger partial charge in [0.1, 0.15) is 0 Å². The number of nitrogens with zero attached hydrogens (tertiary/aromatic N) is 1. The van der Waals surface area contributed by atoms with E-state index in [1.165, 1.54) is 5.56 Å². The van der Waals surface area contributed by atoms with E-state index in [4.69, 9.17) is 16.3 Å². The molecule has 5 nitrogen and oxygen atoms in total. The van der Waals surface area contributed by atoms with Gasteiger partial charge in [-0.3, -0.25) is 9.59 Å². The summed E-state index contributed by atoms with van der Waals surface area (Å²) in [4.78, 5) is 28.1. The van der Waals surface area contributed by atoms with Gasteiger partial charge in [-0.2, -0.15) is 0 Å². The fourth-order valence-corrected chi connectivity index (χ4v) is 5.05. The van der Waals surface area contributed by atoms with Gasteiger partial charge in [0.05, 0.1) is 5.41 Å². The van der Waals surface area contributed by atoms with Gasteiger partial charge in [-0.1, -0.05) is 54.1 Å². The van der Waals surface area contributed by atoms with E-state index in [-0.39, 0.29) is 17.9 Å². The van der Waals surface area contributed by atoms with Gasteiger partial charge >= 0.3 is 0 Å². The lowest BCUT2D eigenvalue weighted by Crippen LogP contribution is -2.54. The van der Waals surface area contributed by atoms with Crippen LogP contribution in [0, 0.1) is 0 Å². The highest BCUT2D eigenvalue weighted by Crippen LogP contribution is 2.38. The Balaban J connectivity index is 1.33. The van der Waals surface area contributed by atoms with Crippen LogP contribution < -0.4 is 5.32 Å². The topological polar surface area (TPSA) is 58.6 Å². The number of carbonyl (C=O) groups excluding carboxylic acids is 2. The third-order valence-electron chi connectivity index (χ3n) is 6.76. The molecule has 0 bridgehead atoms. The van der Waals surface area contributed by atoms with Gasteiger partial charge in [0, 0.05) is 43.8 Å². The molecule has 4 rings (SSSR count). The van der Waals surface area contributed by atoms with Crippen LogP contribution in [0.3, 0.4) is 0 Å². The minimum atomic E-state index is -0.574. The first-order valence-electron chi connectivity index (χ1n) is 11.5. The van der Waals surface area contributed by atoms with Gasteiger partial charge in [-0.05, 0) is 55.4 Å². The summed E-state index contributed by atoms with van der Waals surface area (Å²) < 4.78 is 5.58. The first-order chi connectivity index (χ1) is 15.6. The van der Waals surface area contributed by atoms with Crippen LogP contribution in [0.25, 0.3) is 0 Å². The van der Waals surface area contributed by atoms with Crippen molar-refractivity contribution in [3.05, 3.63) is 70.7 Å². The molecule has 0 aliphatic carbocycles. The van der Waals surface area contributed by atoms with Gasteiger partial charge in [0.2, 0.25) is 11.8 Å². The zero-order valence-corrected chi connectivity index (χ0v) is 19.2. The van der Waals surface area contributed by atoms with Crippen LogP contribution in [0.4, 0.5) is 0 Å². The average Bonchev–Trinajstić information content (AvgIpc) is 2.84. The maximum Gasteiger partial charge on any atom is 0.233 e. The van der Waals surface area contributed by atoms with Crippen molar-refractivity contribution in [3.8, 4) is 0 Å². The summed E-state index contributed by atoms with van der Waals surface area (Å²) in [5.74, 6) is 0.246. The molecule has 0 aromatic heterocycles. The molecule has 170 valence electrons. The maximum atomic E-state index is 13.7. The highest BCUT2D eigenvalue weighted by atomic mass is 35.5. The number of ether oxygens (including phenoxy) is 1. The number of carbonyl (C=O) groups is 2. The van der Waals surface area contributed by atoms with Crippen molar-refractivity contribution in [2.24, 2.45) is 0 Å². The maximum absolute atomic E-state index is 13.7. The Labute approximate surface area is 195 Å². The molecule has 2 amide bonds. The van der Waals surface area contributed by atoms with Gasteiger partial charge < -0.3 is 15.0 Å². The zero-order valence-electron chi connectivity index (χ0n) is 18.4. The highest BCUT2D eigenvalue weighted by molar-refractivity contribution is 6.30. The fraction of sp³-hybridized carbons (Fsp3) is 0.462. The van der Waals surface area contributed by atoms with Crippen LogP contribution >= 0.6 is 11.6 Å². The number of piperidine rings is 1. The second-order valence-electron chi connectivity index (χ2n) is 8.82. The van der Waals surface area contributed by atoms with Crippen LogP contribution in [-0.4, -0.2) is 49.1 Å². The van der Waals surface area contributed by atoms with Crippen molar-refractivity contribution in [2.45, 2.75) is 50.0 Å². The summed E-state index contributed by atoms with van der Waals surface area (Å²) in [7, 11) is 0. The van der Waals surface area contributed by atoms with Crippen molar-refractivity contribution in [2.75, 3.05) is 26.3 Å². The lowest BCUT2D eigenvalue weighted by atomic mass is 9.72. The van der Waals surface area contributed by atoms with E-state index in [1.807, 2.05) is 59.5 Å². The van der Waals surface area contributed by atoms with E-state index >= 15 is 0 Å². The summed E-state index contributed by atoms with van der Waals surface area (Å²) in [6.45, 7) is 2.47. The van der Waals surface area contributed by atoms with E-state index in [0.29, 0.717) is 50.6 Å². The Morgan fingerprint density at radius 2 is 1.75 bits per heavy atom. The predicted octanol–water partition coefficient (Wildman–Crippen LogP) is 4.13. The number of hydrogen-bond donors (Lipinski definition) is 1. The third-order valence-corrected chi connectivity index (χ3v) is 7.00. The summed E-state index contributed by atoms with van der Waals surface area (Å²) in [6.07, 6.45) is 4.13. The smallest absolute Gasteiger partial charge is 0.233 e. The number of nitrogens with one attached hydrogen (secondary N) is 1. The minimum absolute atomic E-state index is 0.0819. The molecule has 0 atom stereocenters. The van der Waals surface area contributed by atoms with Crippen LogP contribution in [0.15, 0.2) is 54.6 Å². The number of halogens is 1. The lowest BCUT2D eigenvalue weighted by molar-refractivity contribution is -0.142. The van der Waals surface area contributed by atoms with Gasteiger partial charge in [0.25, 0.3) is 0 Å². The number of likely N-dealkylation sites (tertiary alicyclic amines) is 1. The normalized spacial score (nSPS) is 18.8.